The van der Waals surface area contributed by atoms with Gasteiger partial charge in [0.05, 0.1) is 6.10 Å². The first-order valence-electron chi connectivity index (χ1n) is 4.99. The monoisotopic (exact) mass is 204 g/mol. The predicted molar refractivity (Wildman–Crippen MR) is 53.4 cm³/mol. The number of rotatable bonds is 3. The summed E-state index contributed by atoms with van der Waals surface area (Å²) in [4.78, 5) is 4.01. The average Bonchev–Trinajstić information content (AvgIpc) is 2.79. The summed E-state index contributed by atoms with van der Waals surface area (Å²) in [6.45, 7) is 1.28. The molecule has 2 rings (SSSR count). The molecule has 4 heteroatoms. The van der Waals surface area contributed by atoms with Gasteiger partial charge >= 0.3 is 0 Å². The normalized spacial score (nSPS) is 19.8. The van der Waals surface area contributed by atoms with Gasteiger partial charge in [0.15, 0.2) is 0 Å². The molecule has 1 saturated heterocycles. The molecule has 15 heavy (non-hydrogen) atoms. The second-order valence-corrected chi connectivity index (χ2v) is 3.41. The van der Waals surface area contributed by atoms with E-state index in [-0.39, 0.29) is 6.10 Å². The van der Waals surface area contributed by atoms with Gasteiger partial charge in [-0.2, -0.15) is 5.26 Å². The van der Waals surface area contributed by atoms with Crippen LogP contribution in [0.3, 0.4) is 0 Å². The fraction of sp³-hybridized carbons (Fsp3) is 0.455. The molecule has 1 aromatic heterocycles. The van der Waals surface area contributed by atoms with E-state index in [1.807, 2.05) is 6.07 Å². The number of aromatic nitrogens is 1. The van der Waals surface area contributed by atoms with E-state index < -0.39 is 0 Å². The van der Waals surface area contributed by atoms with Gasteiger partial charge in [0.25, 0.3) is 0 Å². The van der Waals surface area contributed by atoms with Crippen molar-refractivity contribution in [2.75, 3.05) is 13.2 Å². The van der Waals surface area contributed by atoms with Crippen molar-refractivity contribution in [3.8, 4) is 11.9 Å². The third-order valence-electron chi connectivity index (χ3n) is 2.32. The SMILES string of the molecule is N#Cc1cccnc1OCC1CCCO1. The van der Waals surface area contributed by atoms with Gasteiger partial charge in [0, 0.05) is 12.8 Å². The molecule has 78 valence electrons. The number of ether oxygens (including phenoxy) is 2. The molecule has 0 spiro atoms. The van der Waals surface area contributed by atoms with Gasteiger partial charge in [0.2, 0.25) is 5.88 Å². The van der Waals surface area contributed by atoms with Crippen molar-refractivity contribution < 1.29 is 9.47 Å². The van der Waals surface area contributed by atoms with E-state index >= 15 is 0 Å². The van der Waals surface area contributed by atoms with Crippen LogP contribution in [0.1, 0.15) is 18.4 Å². The molecule has 0 aromatic carbocycles. The third kappa shape index (κ3) is 2.45. The Bertz CT molecular complexity index is 367. The average molecular weight is 204 g/mol. The van der Waals surface area contributed by atoms with E-state index in [0.717, 1.165) is 19.4 Å². The van der Waals surface area contributed by atoms with E-state index in [2.05, 4.69) is 4.98 Å². The highest BCUT2D eigenvalue weighted by molar-refractivity contribution is 5.36. The van der Waals surface area contributed by atoms with Gasteiger partial charge in [-0.15, -0.1) is 0 Å². The lowest BCUT2D eigenvalue weighted by atomic mass is 10.2. The Labute approximate surface area is 88.5 Å². The summed E-state index contributed by atoms with van der Waals surface area (Å²) in [5, 5.41) is 8.81. The minimum Gasteiger partial charge on any atom is -0.474 e. The van der Waals surface area contributed by atoms with Gasteiger partial charge in [-0.05, 0) is 25.0 Å². The minimum atomic E-state index is 0.151. The first-order chi connectivity index (χ1) is 7.40. The largest absolute Gasteiger partial charge is 0.474 e. The van der Waals surface area contributed by atoms with Crippen molar-refractivity contribution in [2.24, 2.45) is 0 Å². The molecule has 1 aliphatic rings. The van der Waals surface area contributed by atoms with Crippen LogP contribution in [0.5, 0.6) is 5.88 Å². The number of nitrogens with zero attached hydrogens (tertiary/aromatic N) is 2. The molecule has 0 aliphatic carbocycles. The molecule has 0 radical (unpaired) electrons. The maximum Gasteiger partial charge on any atom is 0.231 e. The fourth-order valence-corrected chi connectivity index (χ4v) is 1.54. The van der Waals surface area contributed by atoms with Gasteiger partial charge in [-0.25, -0.2) is 4.98 Å². The third-order valence-corrected chi connectivity index (χ3v) is 2.32. The van der Waals surface area contributed by atoms with E-state index in [9.17, 15) is 0 Å². The Morgan fingerprint density at radius 2 is 2.60 bits per heavy atom. The molecule has 2 heterocycles. The zero-order valence-electron chi connectivity index (χ0n) is 8.35. The Morgan fingerprint density at radius 3 is 3.33 bits per heavy atom. The number of hydrogen-bond acceptors (Lipinski definition) is 4. The standard InChI is InChI=1S/C11H12N2O2/c12-7-9-3-1-5-13-11(9)15-8-10-4-2-6-14-10/h1,3,5,10H,2,4,6,8H2. The van der Waals surface area contributed by atoms with Crippen LogP contribution in [0.4, 0.5) is 0 Å². The summed E-state index contributed by atoms with van der Waals surface area (Å²) in [7, 11) is 0. The van der Waals surface area contributed by atoms with E-state index in [1.54, 1.807) is 18.3 Å². The molecule has 0 bridgehead atoms. The molecule has 1 aromatic rings. The number of pyridine rings is 1. The highest BCUT2D eigenvalue weighted by atomic mass is 16.5. The highest BCUT2D eigenvalue weighted by Gasteiger charge is 2.16. The van der Waals surface area contributed by atoms with E-state index in [0.29, 0.717) is 18.1 Å². The first kappa shape index (κ1) is 9.94. The molecule has 0 N–H and O–H groups in total. The maximum absolute atomic E-state index is 8.81. The van der Waals surface area contributed by atoms with E-state index in [4.69, 9.17) is 14.7 Å². The topological polar surface area (TPSA) is 55.1 Å². The molecular weight excluding hydrogens is 192 g/mol. The number of hydrogen-bond donors (Lipinski definition) is 0. The van der Waals surface area contributed by atoms with Gasteiger partial charge < -0.3 is 9.47 Å². The zero-order valence-corrected chi connectivity index (χ0v) is 8.35. The minimum absolute atomic E-state index is 0.151. The maximum atomic E-state index is 8.81. The van der Waals surface area contributed by atoms with E-state index in [1.165, 1.54) is 0 Å². The Hall–Kier alpha value is -1.60. The van der Waals surface area contributed by atoms with Crippen molar-refractivity contribution >= 4 is 0 Å². The lowest BCUT2D eigenvalue weighted by Gasteiger charge is -2.10. The van der Waals surface area contributed by atoms with Crippen LogP contribution in [0.2, 0.25) is 0 Å². The quantitative estimate of drug-likeness (QED) is 0.748. The fourth-order valence-electron chi connectivity index (χ4n) is 1.54. The Kier molecular flexibility index (Phi) is 3.15. The van der Waals surface area contributed by atoms with Crippen molar-refractivity contribution in [3.05, 3.63) is 23.9 Å². The van der Waals surface area contributed by atoms with Crippen LogP contribution in [0.15, 0.2) is 18.3 Å². The summed E-state index contributed by atoms with van der Waals surface area (Å²) in [6, 6.07) is 5.45. The zero-order chi connectivity index (χ0) is 10.5. The van der Waals surface area contributed by atoms with Crippen LogP contribution < -0.4 is 4.74 Å². The molecule has 0 saturated carbocycles. The summed E-state index contributed by atoms with van der Waals surface area (Å²) in [6.07, 6.45) is 3.88. The second kappa shape index (κ2) is 4.76. The predicted octanol–water partition coefficient (Wildman–Crippen LogP) is 1.51. The molecule has 4 nitrogen and oxygen atoms in total. The lowest BCUT2D eigenvalue weighted by molar-refractivity contribution is 0.0662. The molecular formula is C11H12N2O2. The first-order valence-corrected chi connectivity index (χ1v) is 4.99. The summed E-state index contributed by atoms with van der Waals surface area (Å²) < 4.78 is 10.9. The van der Waals surface area contributed by atoms with Crippen LogP contribution >= 0.6 is 0 Å². The Balaban J connectivity index is 1.95. The van der Waals surface area contributed by atoms with Crippen molar-refractivity contribution in [2.45, 2.75) is 18.9 Å². The van der Waals surface area contributed by atoms with Crippen LogP contribution in [0.25, 0.3) is 0 Å². The number of nitriles is 1. The van der Waals surface area contributed by atoms with Crippen molar-refractivity contribution in [1.29, 1.82) is 5.26 Å². The molecule has 0 amide bonds. The molecule has 1 atom stereocenters. The van der Waals surface area contributed by atoms with Crippen molar-refractivity contribution in [1.82, 2.24) is 4.98 Å². The summed E-state index contributed by atoms with van der Waals surface area (Å²) in [5.74, 6) is 0.399. The highest BCUT2D eigenvalue weighted by Crippen LogP contribution is 2.16. The second-order valence-electron chi connectivity index (χ2n) is 3.41. The van der Waals surface area contributed by atoms with Gasteiger partial charge in [-0.3, -0.25) is 0 Å². The molecule has 1 aliphatic heterocycles. The molecule has 1 fully saturated rings. The lowest BCUT2D eigenvalue weighted by Crippen LogP contribution is -2.17. The summed E-state index contributed by atoms with van der Waals surface area (Å²) in [5.41, 5.74) is 0.468. The van der Waals surface area contributed by atoms with Crippen molar-refractivity contribution in [3.63, 3.8) is 0 Å². The smallest absolute Gasteiger partial charge is 0.231 e. The van der Waals surface area contributed by atoms with Gasteiger partial charge in [0.1, 0.15) is 18.2 Å². The van der Waals surface area contributed by atoms with Crippen LogP contribution in [-0.2, 0) is 4.74 Å². The van der Waals surface area contributed by atoms with Crippen LogP contribution in [0, 0.1) is 11.3 Å². The van der Waals surface area contributed by atoms with Gasteiger partial charge in [-0.1, -0.05) is 0 Å². The Morgan fingerprint density at radius 1 is 1.67 bits per heavy atom. The van der Waals surface area contributed by atoms with Crippen LogP contribution in [-0.4, -0.2) is 24.3 Å². The molecule has 1 unspecified atom stereocenters. The summed E-state index contributed by atoms with van der Waals surface area (Å²) >= 11 is 0.